The van der Waals surface area contributed by atoms with Crippen LogP contribution in [0.5, 0.6) is 5.75 Å². The lowest BCUT2D eigenvalue weighted by Gasteiger charge is -2.09. The Morgan fingerprint density at radius 1 is 1.21 bits per heavy atom. The van der Waals surface area contributed by atoms with E-state index in [0.29, 0.717) is 21.7 Å². The Kier molecular flexibility index (Phi) is 4.94. The number of aryl methyl sites for hydroxylation is 1. The molecule has 2 aromatic carbocycles. The first-order valence-electron chi connectivity index (χ1n) is 8.77. The van der Waals surface area contributed by atoms with E-state index in [4.69, 9.17) is 4.74 Å². The fourth-order valence-electron chi connectivity index (χ4n) is 3.00. The monoisotopic (exact) mass is 409 g/mol. The van der Waals surface area contributed by atoms with Crippen LogP contribution in [0.25, 0.3) is 21.5 Å². The Bertz CT molecular complexity index is 1280. The second-order valence-corrected chi connectivity index (χ2v) is 7.59. The highest BCUT2D eigenvalue weighted by molar-refractivity contribution is 7.19. The van der Waals surface area contributed by atoms with Crippen LogP contribution in [0.3, 0.4) is 0 Å². The zero-order valence-electron chi connectivity index (χ0n) is 15.7. The molecule has 0 bridgehead atoms. The summed E-state index contributed by atoms with van der Waals surface area (Å²) in [4.78, 5) is 29.8. The first kappa shape index (κ1) is 18.9. The maximum Gasteiger partial charge on any atom is 0.294 e. The molecule has 4 rings (SSSR count). The number of halogens is 1. The van der Waals surface area contributed by atoms with E-state index in [2.05, 4.69) is 10.1 Å². The number of Topliss-reactive ketones (excluding diaryl/α,β-unsaturated/α-hetero) is 1. The number of hydrogen-bond acceptors (Lipinski definition) is 6. The minimum atomic E-state index is -0.438. The Hall–Kier alpha value is -3.39. The van der Waals surface area contributed by atoms with Crippen molar-refractivity contribution in [3.63, 3.8) is 0 Å². The van der Waals surface area contributed by atoms with Crippen molar-refractivity contribution in [3.8, 4) is 17.0 Å². The minimum Gasteiger partial charge on any atom is -0.497 e. The molecule has 8 heteroatoms. The van der Waals surface area contributed by atoms with Crippen LogP contribution >= 0.6 is 11.3 Å². The molecule has 0 N–H and O–H groups in total. The van der Waals surface area contributed by atoms with Crippen LogP contribution in [-0.4, -0.2) is 27.7 Å². The van der Waals surface area contributed by atoms with E-state index in [9.17, 15) is 14.0 Å². The van der Waals surface area contributed by atoms with Gasteiger partial charge in [0.15, 0.2) is 11.3 Å². The van der Waals surface area contributed by atoms with Gasteiger partial charge in [0.2, 0.25) is 0 Å². The van der Waals surface area contributed by atoms with Crippen molar-refractivity contribution >= 4 is 27.3 Å². The molecule has 0 unspecified atom stereocenters. The standard InChI is InChI=1S/C21H16FN3O3S/c1-12-23-19-20(29-12)18(14-4-3-5-16(10-14)28-2)24-25(21(19)27)11-17(26)13-6-8-15(22)9-7-13/h3-10H,11H2,1-2H3. The first-order valence-corrected chi connectivity index (χ1v) is 9.59. The summed E-state index contributed by atoms with van der Waals surface area (Å²) >= 11 is 1.37. The molecular formula is C21H16FN3O3S. The van der Waals surface area contributed by atoms with Gasteiger partial charge < -0.3 is 4.74 Å². The van der Waals surface area contributed by atoms with Crippen molar-refractivity contribution in [3.05, 3.63) is 75.3 Å². The van der Waals surface area contributed by atoms with Gasteiger partial charge in [-0.1, -0.05) is 12.1 Å². The predicted octanol–water partition coefficient (Wildman–Crippen LogP) is 3.86. The Morgan fingerprint density at radius 3 is 2.69 bits per heavy atom. The van der Waals surface area contributed by atoms with Gasteiger partial charge in [-0.2, -0.15) is 5.10 Å². The van der Waals surface area contributed by atoms with E-state index in [1.54, 1.807) is 7.11 Å². The van der Waals surface area contributed by atoms with Gasteiger partial charge in [0, 0.05) is 11.1 Å². The van der Waals surface area contributed by atoms with Crippen LogP contribution < -0.4 is 10.3 Å². The smallest absolute Gasteiger partial charge is 0.294 e. The number of fused-ring (bicyclic) bond motifs is 1. The summed E-state index contributed by atoms with van der Waals surface area (Å²) in [6.07, 6.45) is 0. The molecular weight excluding hydrogens is 393 g/mol. The van der Waals surface area contributed by atoms with Gasteiger partial charge in [-0.3, -0.25) is 9.59 Å². The number of carbonyl (C=O) groups excluding carboxylic acids is 1. The highest BCUT2D eigenvalue weighted by Crippen LogP contribution is 2.31. The molecule has 4 aromatic rings. The molecule has 0 radical (unpaired) electrons. The molecule has 0 amide bonds. The van der Waals surface area contributed by atoms with Crippen LogP contribution in [0, 0.1) is 12.7 Å². The fraction of sp³-hybridized carbons (Fsp3) is 0.143. The number of aromatic nitrogens is 3. The number of thiazole rings is 1. The molecule has 0 saturated carbocycles. The van der Waals surface area contributed by atoms with Gasteiger partial charge in [0.1, 0.15) is 23.8 Å². The second kappa shape index (κ2) is 7.56. The third-order valence-electron chi connectivity index (χ3n) is 4.41. The normalized spacial score (nSPS) is 11.0. The number of ether oxygens (including phenoxy) is 1. The Morgan fingerprint density at radius 2 is 1.97 bits per heavy atom. The summed E-state index contributed by atoms with van der Waals surface area (Å²) in [5.41, 5.74) is 1.44. The highest BCUT2D eigenvalue weighted by Gasteiger charge is 2.18. The number of ketones is 1. The van der Waals surface area contributed by atoms with E-state index in [0.717, 1.165) is 15.3 Å². The van der Waals surface area contributed by atoms with Gasteiger partial charge in [-0.15, -0.1) is 11.3 Å². The van der Waals surface area contributed by atoms with Crippen LogP contribution in [0.4, 0.5) is 4.39 Å². The summed E-state index contributed by atoms with van der Waals surface area (Å²) in [6.45, 7) is 1.54. The molecule has 2 heterocycles. The lowest BCUT2D eigenvalue weighted by molar-refractivity contribution is 0.0966. The zero-order valence-corrected chi connectivity index (χ0v) is 16.5. The van der Waals surface area contributed by atoms with E-state index in [-0.39, 0.29) is 17.8 Å². The second-order valence-electron chi connectivity index (χ2n) is 6.38. The first-order chi connectivity index (χ1) is 14.0. The lowest BCUT2D eigenvalue weighted by atomic mass is 10.1. The Labute approximate surface area is 169 Å². The molecule has 0 spiro atoms. The number of rotatable bonds is 5. The third kappa shape index (κ3) is 3.66. The lowest BCUT2D eigenvalue weighted by Crippen LogP contribution is -2.27. The summed E-state index contributed by atoms with van der Waals surface area (Å²) < 4.78 is 20.2. The molecule has 0 fully saturated rings. The Balaban J connectivity index is 1.84. The average molecular weight is 409 g/mol. The topological polar surface area (TPSA) is 74.1 Å². The summed E-state index contributed by atoms with van der Waals surface area (Å²) in [7, 11) is 1.57. The van der Waals surface area contributed by atoms with E-state index >= 15 is 0 Å². The molecule has 0 saturated heterocycles. The quantitative estimate of drug-likeness (QED) is 0.468. The summed E-state index contributed by atoms with van der Waals surface area (Å²) in [5, 5.41) is 5.19. The van der Waals surface area contributed by atoms with Crippen molar-refractivity contribution < 1.29 is 13.9 Å². The van der Waals surface area contributed by atoms with E-state index in [1.165, 1.54) is 35.6 Å². The van der Waals surface area contributed by atoms with E-state index < -0.39 is 11.4 Å². The number of carbonyl (C=O) groups is 1. The predicted molar refractivity (Wildman–Crippen MR) is 109 cm³/mol. The molecule has 0 aliphatic heterocycles. The molecule has 2 aromatic heterocycles. The van der Waals surface area contributed by atoms with Crippen molar-refractivity contribution in [1.82, 2.24) is 14.8 Å². The molecule has 146 valence electrons. The van der Waals surface area contributed by atoms with Crippen LogP contribution in [0.2, 0.25) is 0 Å². The number of benzene rings is 2. The maximum atomic E-state index is 13.1. The molecule has 0 aliphatic carbocycles. The van der Waals surface area contributed by atoms with Crippen molar-refractivity contribution in [2.75, 3.05) is 7.11 Å². The van der Waals surface area contributed by atoms with Gasteiger partial charge in [0.05, 0.1) is 16.8 Å². The van der Waals surface area contributed by atoms with Crippen LogP contribution in [-0.2, 0) is 6.54 Å². The van der Waals surface area contributed by atoms with Gasteiger partial charge in [-0.25, -0.2) is 14.1 Å². The molecule has 6 nitrogen and oxygen atoms in total. The summed E-state index contributed by atoms with van der Waals surface area (Å²) in [6, 6.07) is 12.5. The zero-order chi connectivity index (χ0) is 20.5. The van der Waals surface area contributed by atoms with Gasteiger partial charge in [-0.05, 0) is 43.3 Å². The fourth-order valence-corrected chi connectivity index (χ4v) is 3.91. The van der Waals surface area contributed by atoms with Crippen molar-refractivity contribution in [1.29, 1.82) is 0 Å². The third-order valence-corrected chi connectivity index (χ3v) is 5.39. The van der Waals surface area contributed by atoms with Crippen molar-refractivity contribution in [2.45, 2.75) is 13.5 Å². The number of hydrogen-bond donors (Lipinski definition) is 0. The molecule has 0 atom stereocenters. The highest BCUT2D eigenvalue weighted by atomic mass is 32.1. The number of nitrogens with zero attached hydrogens (tertiary/aromatic N) is 3. The largest absolute Gasteiger partial charge is 0.497 e. The SMILES string of the molecule is COc1cccc(-c2nn(CC(=O)c3ccc(F)cc3)c(=O)c3nc(C)sc23)c1. The van der Waals surface area contributed by atoms with E-state index in [1.807, 2.05) is 31.2 Å². The molecule has 29 heavy (non-hydrogen) atoms. The van der Waals surface area contributed by atoms with Crippen LogP contribution in [0.1, 0.15) is 15.4 Å². The van der Waals surface area contributed by atoms with Crippen LogP contribution in [0.15, 0.2) is 53.3 Å². The maximum absolute atomic E-state index is 13.1. The van der Waals surface area contributed by atoms with Gasteiger partial charge in [0.25, 0.3) is 5.56 Å². The average Bonchev–Trinajstić information content (AvgIpc) is 3.12. The summed E-state index contributed by atoms with van der Waals surface area (Å²) in [5.74, 6) is -0.127. The molecule has 0 aliphatic rings. The minimum absolute atomic E-state index is 0.270. The van der Waals surface area contributed by atoms with Gasteiger partial charge >= 0.3 is 0 Å². The number of methoxy groups -OCH3 is 1. The van der Waals surface area contributed by atoms with Crippen molar-refractivity contribution in [2.24, 2.45) is 0 Å².